The number of morpholine rings is 1. The first kappa shape index (κ1) is 13.6. The molecule has 20 heavy (non-hydrogen) atoms. The summed E-state index contributed by atoms with van der Waals surface area (Å²) < 4.78 is 5.89. The van der Waals surface area contributed by atoms with Crippen LogP contribution in [0.15, 0.2) is 24.3 Å². The molecule has 2 aliphatic rings. The number of nitrogens with two attached hydrogens (primary N) is 1. The number of hydrogen-bond donors (Lipinski definition) is 1. The van der Waals surface area contributed by atoms with Gasteiger partial charge < -0.3 is 15.4 Å². The summed E-state index contributed by atoms with van der Waals surface area (Å²) in [6, 6.07) is 8.20. The molecular formula is C16H22N2O2. The standard InChI is InChI=1S/C16H22N2O2/c1-16(2)10-18(9-12(8-17)20-16)15(19)14-7-11-5-3-4-6-13(11)14/h3-6,12,14H,7-10,17H2,1-2H3. The molecule has 0 aromatic heterocycles. The minimum Gasteiger partial charge on any atom is -0.367 e. The minimum atomic E-state index is -0.318. The van der Waals surface area contributed by atoms with E-state index in [4.69, 9.17) is 10.5 Å². The van der Waals surface area contributed by atoms with E-state index >= 15 is 0 Å². The zero-order chi connectivity index (χ0) is 14.3. The number of carbonyl (C=O) groups excluding carboxylic acids is 1. The van der Waals surface area contributed by atoms with Gasteiger partial charge in [0, 0.05) is 19.6 Å². The Labute approximate surface area is 119 Å². The second kappa shape index (κ2) is 4.86. The second-order valence-corrected chi connectivity index (χ2v) is 6.41. The third-order valence-corrected chi connectivity index (χ3v) is 4.21. The van der Waals surface area contributed by atoms with Crippen LogP contribution in [0.5, 0.6) is 0 Å². The van der Waals surface area contributed by atoms with Crippen molar-refractivity contribution in [2.45, 2.75) is 37.9 Å². The summed E-state index contributed by atoms with van der Waals surface area (Å²) in [6.07, 6.45) is 0.804. The predicted molar refractivity (Wildman–Crippen MR) is 77.5 cm³/mol. The maximum atomic E-state index is 12.7. The van der Waals surface area contributed by atoms with Crippen molar-refractivity contribution in [3.8, 4) is 0 Å². The number of benzene rings is 1. The molecule has 1 heterocycles. The molecule has 0 saturated carbocycles. The molecule has 1 aliphatic heterocycles. The van der Waals surface area contributed by atoms with Crippen molar-refractivity contribution in [1.29, 1.82) is 0 Å². The summed E-state index contributed by atoms with van der Waals surface area (Å²) in [5.74, 6) is 0.247. The number of nitrogens with zero attached hydrogens (tertiary/aromatic N) is 1. The van der Waals surface area contributed by atoms with Gasteiger partial charge in [-0.05, 0) is 31.4 Å². The summed E-state index contributed by atoms with van der Waals surface area (Å²) >= 11 is 0. The van der Waals surface area contributed by atoms with E-state index in [0.717, 1.165) is 6.42 Å². The lowest BCUT2D eigenvalue weighted by Crippen LogP contribution is -2.57. The first-order valence-electron chi connectivity index (χ1n) is 7.24. The van der Waals surface area contributed by atoms with Gasteiger partial charge in [-0.15, -0.1) is 0 Å². The average Bonchev–Trinajstić information content (AvgIpc) is 2.38. The van der Waals surface area contributed by atoms with Crippen LogP contribution < -0.4 is 5.73 Å². The highest BCUT2D eigenvalue weighted by Gasteiger charge is 2.40. The first-order valence-corrected chi connectivity index (χ1v) is 7.24. The van der Waals surface area contributed by atoms with E-state index in [1.54, 1.807) is 0 Å². The first-order chi connectivity index (χ1) is 9.50. The van der Waals surface area contributed by atoms with Crippen molar-refractivity contribution in [1.82, 2.24) is 4.90 Å². The van der Waals surface area contributed by atoms with Crippen molar-refractivity contribution in [3.05, 3.63) is 35.4 Å². The largest absolute Gasteiger partial charge is 0.367 e. The fourth-order valence-electron chi connectivity index (χ4n) is 3.29. The van der Waals surface area contributed by atoms with Gasteiger partial charge >= 0.3 is 0 Å². The quantitative estimate of drug-likeness (QED) is 0.884. The Hall–Kier alpha value is -1.39. The van der Waals surface area contributed by atoms with Gasteiger partial charge in [-0.1, -0.05) is 24.3 Å². The highest BCUT2D eigenvalue weighted by molar-refractivity contribution is 5.87. The van der Waals surface area contributed by atoms with E-state index in [-0.39, 0.29) is 23.5 Å². The van der Waals surface area contributed by atoms with Gasteiger partial charge in [-0.25, -0.2) is 0 Å². The zero-order valence-corrected chi connectivity index (χ0v) is 12.1. The summed E-state index contributed by atoms with van der Waals surface area (Å²) in [5.41, 5.74) is 7.89. The molecular weight excluding hydrogens is 252 g/mol. The average molecular weight is 274 g/mol. The van der Waals surface area contributed by atoms with Crippen LogP contribution in [0.25, 0.3) is 0 Å². The van der Waals surface area contributed by atoms with Crippen LogP contribution in [0.1, 0.15) is 30.9 Å². The fraction of sp³-hybridized carbons (Fsp3) is 0.562. The van der Waals surface area contributed by atoms with Crippen LogP contribution in [-0.2, 0) is 16.0 Å². The molecule has 1 aliphatic carbocycles. The number of amides is 1. The van der Waals surface area contributed by atoms with E-state index in [1.807, 2.05) is 30.9 Å². The van der Waals surface area contributed by atoms with Crippen LogP contribution >= 0.6 is 0 Å². The molecule has 0 spiro atoms. The highest BCUT2D eigenvalue weighted by Crippen LogP contribution is 2.37. The molecule has 1 fully saturated rings. The van der Waals surface area contributed by atoms with Crippen LogP contribution in [0.4, 0.5) is 0 Å². The molecule has 1 aromatic carbocycles. The van der Waals surface area contributed by atoms with Gasteiger partial charge in [-0.3, -0.25) is 4.79 Å². The lowest BCUT2D eigenvalue weighted by molar-refractivity contribution is -0.161. The molecule has 4 nitrogen and oxygen atoms in total. The number of hydrogen-bond acceptors (Lipinski definition) is 3. The van der Waals surface area contributed by atoms with Crippen LogP contribution in [0, 0.1) is 0 Å². The molecule has 2 unspecified atom stereocenters. The summed E-state index contributed by atoms with van der Waals surface area (Å²) in [4.78, 5) is 14.7. The Morgan fingerprint density at radius 3 is 2.90 bits per heavy atom. The molecule has 1 saturated heterocycles. The molecule has 1 aromatic rings. The van der Waals surface area contributed by atoms with Gasteiger partial charge in [0.2, 0.25) is 5.91 Å². The van der Waals surface area contributed by atoms with Crippen molar-refractivity contribution in [2.75, 3.05) is 19.6 Å². The van der Waals surface area contributed by atoms with Gasteiger partial charge in [-0.2, -0.15) is 0 Å². The van der Waals surface area contributed by atoms with Crippen LogP contribution in [0.2, 0.25) is 0 Å². The SMILES string of the molecule is CC1(C)CN(C(=O)C2Cc3ccccc32)CC(CN)O1. The molecule has 2 atom stereocenters. The van der Waals surface area contributed by atoms with Crippen molar-refractivity contribution < 1.29 is 9.53 Å². The van der Waals surface area contributed by atoms with Crippen LogP contribution in [0.3, 0.4) is 0 Å². The lowest BCUT2D eigenvalue weighted by Gasteiger charge is -2.44. The molecule has 4 heteroatoms. The van der Waals surface area contributed by atoms with Crippen molar-refractivity contribution >= 4 is 5.91 Å². The van der Waals surface area contributed by atoms with Crippen LogP contribution in [-0.4, -0.2) is 42.1 Å². The maximum absolute atomic E-state index is 12.7. The minimum absolute atomic E-state index is 0.0264. The third-order valence-electron chi connectivity index (χ3n) is 4.21. The Balaban J connectivity index is 1.75. The lowest BCUT2D eigenvalue weighted by atomic mass is 9.76. The van der Waals surface area contributed by atoms with E-state index < -0.39 is 0 Å². The Morgan fingerprint density at radius 1 is 1.45 bits per heavy atom. The molecule has 108 valence electrons. The molecule has 0 radical (unpaired) electrons. The molecule has 0 bridgehead atoms. The number of ether oxygens (including phenoxy) is 1. The van der Waals surface area contributed by atoms with Gasteiger partial charge in [0.05, 0.1) is 17.6 Å². The number of fused-ring (bicyclic) bond motifs is 1. The summed E-state index contributed by atoms with van der Waals surface area (Å²) in [5, 5.41) is 0. The number of rotatable bonds is 2. The van der Waals surface area contributed by atoms with Gasteiger partial charge in [0.25, 0.3) is 0 Å². The number of carbonyl (C=O) groups is 1. The Kier molecular flexibility index (Phi) is 3.30. The van der Waals surface area contributed by atoms with E-state index in [9.17, 15) is 4.79 Å². The maximum Gasteiger partial charge on any atom is 0.230 e. The van der Waals surface area contributed by atoms with E-state index in [2.05, 4.69) is 12.1 Å². The summed E-state index contributed by atoms with van der Waals surface area (Å²) in [7, 11) is 0. The summed E-state index contributed by atoms with van der Waals surface area (Å²) in [6.45, 7) is 5.74. The van der Waals surface area contributed by atoms with Crippen molar-refractivity contribution in [2.24, 2.45) is 5.73 Å². The predicted octanol–water partition coefficient (Wildman–Crippen LogP) is 1.29. The smallest absolute Gasteiger partial charge is 0.230 e. The molecule has 3 rings (SSSR count). The molecule has 1 amide bonds. The monoisotopic (exact) mass is 274 g/mol. The van der Waals surface area contributed by atoms with E-state index in [1.165, 1.54) is 11.1 Å². The normalized spacial score (nSPS) is 27.6. The fourth-order valence-corrected chi connectivity index (χ4v) is 3.29. The van der Waals surface area contributed by atoms with E-state index in [0.29, 0.717) is 19.6 Å². The highest BCUT2D eigenvalue weighted by atomic mass is 16.5. The second-order valence-electron chi connectivity index (χ2n) is 6.41. The van der Waals surface area contributed by atoms with Gasteiger partial charge in [0.15, 0.2) is 0 Å². The Morgan fingerprint density at radius 2 is 2.20 bits per heavy atom. The Bertz CT molecular complexity index is 527. The third kappa shape index (κ3) is 2.34. The zero-order valence-electron chi connectivity index (χ0n) is 12.1. The van der Waals surface area contributed by atoms with Crippen molar-refractivity contribution in [3.63, 3.8) is 0 Å². The topological polar surface area (TPSA) is 55.6 Å². The molecule has 2 N–H and O–H groups in total. The van der Waals surface area contributed by atoms with Gasteiger partial charge in [0.1, 0.15) is 0 Å².